The summed E-state index contributed by atoms with van der Waals surface area (Å²) < 4.78 is 4.79. The van der Waals surface area contributed by atoms with Gasteiger partial charge in [0.1, 0.15) is 0 Å². The van der Waals surface area contributed by atoms with Crippen LogP contribution in [0.5, 0.6) is 0 Å². The molecule has 0 bridgehead atoms. The van der Waals surface area contributed by atoms with Crippen LogP contribution >= 0.6 is 0 Å². The molecule has 20 heavy (non-hydrogen) atoms. The van der Waals surface area contributed by atoms with Crippen molar-refractivity contribution in [2.24, 2.45) is 5.92 Å². The van der Waals surface area contributed by atoms with Crippen LogP contribution in [0, 0.1) is 5.92 Å². The fourth-order valence-electron chi connectivity index (χ4n) is 2.08. The average Bonchev–Trinajstić information content (AvgIpc) is 2.87. The van der Waals surface area contributed by atoms with Crippen molar-refractivity contribution >= 4 is 17.9 Å². The Morgan fingerprint density at radius 1 is 1.40 bits per heavy atom. The first kappa shape index (κ1) is 14.2. The maximum Gasteiger partial charge on any atom is 0.329 e. The molecule has 0 aromatic carbocycles. The molecular weight excluding hydrogens is 266 g/mol. The van der Waals surface area contributed by atoms with Crippen molar-refractivity contribution in [3.05, 3.63) is 0 Å². The average molecular weight is 283 g/mol. The molecule has 1 aliphatic heterocycles. The first-order valence-corrected chi connectivity index (χ1v) is 6.51. The van der Waals surface area contributed by atoms with Crippen molar-refractivity contribution in [1.29, 1.82) is 0 Å². The Bertz CT molecular complexity index is 481. The number of rotatable bonds is 5. The number of aromatic nitrogens is 4. The fourth-order valence-corrected chi connectivity index (χ4v) is 2.08. The molecule has 110 valence electrons. The number of carboxylic acids is 1. The van der Waals surface area contributed by atoms with Gasteiger partial charge in [0.2, 0.25) is 0 Å². The molecule has 0 unspecified atom stereocenters. The summed E-state index contributed by atoms with van der Waals surface area (Å²) in [5, 5.41) is 20.7. The number of hydrogen-bond acceptors (Lipinski definition) is 7. The molecule has 0 saturated carbocycles. The fraction of sp³-hybridized carbons (Fsp3) is 0.727. The first-order chi connectivity index (χ1) is 9.60. The van der Waals surface area contributed by atoms with Gasteiger partial charge in [-0.3, -0.25) is 4.79 Å². The van der Waals surface area contributed by atoms with E-state index in [0.29, 0.717) is 38.5 Å². The van der Waals surface area contributed by atoms with Crippen LogP contribution in [0.3, 0.4) is 0 Å². The van der Waals surface area contributed by atoms with E-state index in [9.17, 15) is 9.59 Å². The van der Waals surface area contributed by atoms with E-state index in [2.05, 4.69) is 15.4 Å². The third-order valence-corrected chi connectivity index (χ3v) is 3.15. The van der Waals surface area contributed by atoms with Crippen LogP contribution in [-0.2, 0) is 20.9 Å². The molecule has 0 amide bonds. The van der Waals surface area contributed by atoms with Crippen LogP contribution in [-0.4, -0.2) is 56.9 Å². The number of ether oxygens (including phenoxy) is 1. The molecule has 0 aliphatic carbocycles. The van der Waals surface area contributed by atoms with Gasteiger partial charge in [-0.15, -0.1) is 5.10 Å². The van der Waals surface area contributed by atoms with E-state index >= 15 is 0 Å². The van der Waals surface area contributed by atoms with Crippen LogP contribution < -0.4 is 4.90 Å². The molecule has 2 rings (SSSR count). The van der Waals surface area contributed by atoms with Gasteiger partial charge in [0.05, 0.1) is 12.5 Å². The van der Waals surface area contributed by atoms with Crippen molar-refractivity contribution in [3.8, 4) is 0 Å². The van der Waals surface area contributed by atoms with E-state index in [1.54, 1.807) is 6.92 Å². The summed E-state index contributed by atoms with van der Waals surface area (Å²) in [6.45, 7) is 3.10. The molecule has 1 aromatic rings. The molecule has 2 heterocycles. The molecule has 1 saturated heterocycles. The van der Waals surface area contributed by atoms with Gasteiger partial charge in [0, 0.05) is 13.1 Å². The predicted octanol–water partition coefficient (Wildman–Crippen LogP) is -0.463. The molecule has 1 N–H and O–H groups in total. The number of carbonyl (C=O) groups excluding carboxylic acids is 1. The van der Waals surface area contributed by atoms with Gasteiger partial charge in [0.25, 0.3) is 5.95 Å². The monoisotopic (exact) mass is 283 g/mol. The maximum absolute atomic E-state index is 11.3. The maximum atomic E-state index is 11.3. The predicted molar refractivity (Wildman–Crippen MR) is 67.0 cm³/mol. The van der Waals surface area contributed by atoms with Gasteiger partial charge >= 0.3 is 11.9 Å². The third-order valence-electron chi connectivity index (χ3n) is 3.15. The lowest BCUT2D eigenvalue weighted by atomic mass is 9.97. The summed E-state index contributed by atoms with van der Waals surface area (Å²) in [5.74, 6) is -1.07. The first-order valence-electron chi connectivity index (χ1n) is 6.51. The van der Waals surface area contributed by atoms with Crippen molar-refractivity contribution < 1.29 is 19.4 Å². The summed E-state index contributed by atoms with van der Waals surface area (Å²) in [5.41, 5.74) is 0. The molecule has 0 spiro atoms. The van der Waals surface area contributed by atoms with E-state index in [4.69, 9.17) is 9.84 Å². The van der Waals surface area contributed by atoms with Crippen molar-refractivity contribution in [3.63, 3.8) is 0 Å². The summed E-state index contributed by atoms with van der Waals surface area (Å²) in [7, 11) is 0. The zero-order valence-corrected chi connectivity index (χ0v) is 11.2. The van der Waals surface area contributed by atoms with Crippen LogP contribution in [0.1, 0.15) is 19.8 Å². The number of hydrogen-bond donors (Lipinski definition) is 1. The number of tetrazole rings is 1. The highest BCUT2D eigenvalue weighted by molar-refractivity contribution is 5.70. The van der Waals surface area contributed by atoms with Crippen molar-refractivity contribution in [2.45, 2.75) is 26.3 Å². The van der Waals surface area contributed by atoms with Gasteiger partial charge in [-0.2, -0.15) is 4.80 Å². The summed E-state index contributed by atoms with van der Waals surface area (Å²) in [6.07, 6.45) is 1.11. The zero-order valence-electron chi connectivity index (χ0n) is 11.2. The number of piperidine rings is 1. The van der Waals surface area contributed by atoms with Crippen molar-refractivity contribution in [1.82, 2.24) is 20.2 Å². The van der Waals surface area contributed by atoms with E-state index < -0.39 is 11.9 Å². The highest BCUT2D eigenvalue weighted by atomic mass is 16.5. The molecular formula is C11H17N5O4. The lowest BCUT2D eigenvalue weighted by Gasteiger charge is -2.28. The zero-order chi connectivity index (χ0) is 14.5. The minimum atomic E-state index is -0.761. The normalized spacial score (nSPS) is 16.1. The Balaban J connectivity index is 1.90. The summed E-state index contributed by atoms with van der Waals surface area (Å²) in [6, 6.07) is 0. The quantitative estimate of drug-likeness (QED) is 0.722. The molecule has 1 aliphatic rings. The number of anilines is 1. The standard InChI is InChI=1S/C11H17N5O4/c1-2-20-9(17)7-16-13-11(12-14-16)15-5-3-8(4-6-15)10(18)19/h8H,2-7H2,1H3,(H,18,19). The molecule has 9 nitrogen and oxygen atoms in total. The summed E-state index contributed by atoms with van der Waals surface area (Å²) >= 11 is 0. The van der Waals surface area contributed by atoms with Gasteiger partial charge in [-0.25, -0.2) is 4.79 Å². The van der Waals surface area contributed by atoms with Crippen LogP contribution in [0.4, 0.5) is 5.95 Å². The number of aliphatic carboxylic acids is 1. The topological polar surface area (TPSA) is 110 Å². The smallest absolute Gasteiger partial charge is 0.329 e. The van der Waals surface area contributed by atoms with E-state index in [-0.39, 0.29) is 12.5 Å². The molecule has 0 atom stereocenters. The Kier molecular flexibility index (Phi) is 4.49. The Labute approximate surface area is 115 Å². The molecule has 9 heteroatoms. The highest BCUT2D eigenvalue weighted by Crippen LogP contribution is 2.20. The van der Waals surface area contributed by atoms with Gasteiger partial charge in [0.15, 0.2) is 6.54 Å². The van der Waals surface area contributed by atoms with Gasteiger partial charge < -0.3 is 14.7 Å². The highest BCUT2D eigenvalue weighted by Gasteiger charge is 2.26. The van der Waals surface area contributed by atoms with Crippen molar-refractivity contribution in [2.75, 3.05) is 24.6 Å². The third kappa shape index (κ3) is 3.43. The summed E-state index contributed by atoms with van der Waals surface area (Å²) in [4.78, 5) is 25.2. The van der Waals surface area contributed by atoms with E-state index in [0.717, 1.165) is 0 Å². The second-order valence-electron chi connectivity index (χ2n) is 4.52. The second kappa shape index (κ2) is 6.31. The minimum Gasteiger partial charge on any atom is -0.481 e. The number of nitrogens with zero attached hydrogens (tertiary/aromatic N) is 5. The molecule has 0 radical (unpaired) electrons. The van der Waals surface area contributed by atoms with Crippen LogP contribution in [0.2, 0.25) is 0 Å². The SMILES string of the molecule is CCOC(=O)Cn1nnc(N2CCC(C(=O)O)CC2)n1. The minimum absolute atomic E-state index is 0.0770. The Hall–Kier alpha value is -2.19. The van der Waals surface area contributed by atoms with E-state index in [1.165, 1.54) is 4.80 Å². The Morgan fingerprint density at radius 3 is 2.70 bits per heavy atom. The number of carboxylic acid groups (broad SMARTS) is 1. The lowest BCUT2D eigenvalue weighted by Crippen LogP contribution is -2.37. The van der Waals surface area contributed by atoms with E-state index in [1.807, 2.05) is 4.90 Å². The van der Waals surface area contributed by atoms with Crippen LogP contribution in [0.25, 0.3) is 0 Å². The largest absolute Gasteiger partial charge is 0.481 e. The molecule has 1 fully saturated rings. The molecule has 1 aromatic heterocycles. The Morgan fingerprint density at radius 2 is 2.10 bits per heavy atom. The number of esters is 1. The lowest BCUT2D eigenvalue weighted by molar-refractivity contribution is -0.144. The van der Waals surface area contributed by atoms with Gasteiger partial charge in [-0.1, -0.05) is 5.10 Å². The van der Waals surface area contributed by atoms with Gasteiger partial charge in [-0.05, 0) is 25.0 Å². The van der Waals surface area contributed by atoms with Crippen LogP contribution in [0.15, 0.2) is 0 Å². The second-order valence-corrected chi connectivity index (χ2v) is 4.52. The number of carbonyl (C=O) groups is 2.